The largest absolute Gasteiger partial charge is 0.507 e. The summed E-state index contributed by atoms with van der Waals surface area (Å²) in [5, 5.41) is 32.9. The van der Waals surface area contributed by atoms with Gasteiger partial charge >= 0.3 is 11.9 Å². The van der Waals surface area contributed by atoms with E-state index in [1.807, 2.05) is 0 Å². The maximum absolute atomic E-state index is 10.7. The minimum absolute atomic E-state index is 0.0509. The summed E-state index contributed by atoms with van der Waals surface area (Å²) in [5.74, 6) is -3.39. The second-order valence-electron chi connectivity index (χ2n) is 2.97. The molecule has 0 aromatic heterocycles. The first-order valence-corrected chi connectivity index (χ1v) is 4.74. The first-order valence-electron chi connectivity index (χ1n) is 4.74. The minimum atomic E-state index is -1.26. The predicted octanol–water partition coefficient (Wildman–Crippen LogP) is 0.223. The Morgan fingerprint density at radius 1 is 1.00 bits per heavy atom. The van der Waals surface area contributed by atoms with Crippen LogP contribution >= 0.6 is 0 Å². The molecule has 0 unspecified atom stereocenters. The van der Waals surface area contributed by atoms with Crippen molar-refractivity contribution in [1.29, 1.82) is 0 Å². The molecule has 0 fully saturated rings. The van der Waals surface area contributed by atoms with Gasteiger partial charge in [0.1, 0.15) is 5.75 Å². The monoisotopic (exact) mass is 269 g/mol. The van der Waals surface area contributed by atoms with Crippen molar-refractivity contribution in [2.75, 3.05) is 0 Å². The number of amides is 1. The van der Waals surface area contributed by atoms with E-state index < -0.39 is 17.8 Å². The van der Waals surface area contributed by atoms with Crippen LogP contribution in [-0.2, 0) is 9.59 Å². The Kier molecular flexibility index (Phi) is 7.01. The lowest BCUT2D eigenvalue weighted by atomic mass is 10.2. The lowest BCUT2D eigenvalue weighted by molar-refractivity contribution is -0.134. The van der Waals surface area contributed by atoms with Crippen molar-refractivity contribution in [2.45, 2.75) is 0 Å². The minimum Gasteiger partial charge on any atom is -0.507 e. The van der Waals surface area contributed by atoms with E-state index in [0.29, 0.717) is 12.2 Å². The van der Waals surface area contributed by atoms with E-state index in [-0.39, 0.29) is 11.3 Å². The van der Waals surface area contributed by atoms with Gasteiger partial charge in [0, 0.05) is 12.2 Å². The lowest BCUT2D eigenvalue weighted by Gasteiger charge is -1.99. The van der Waals surface area contributed by atoms with Crippen LogP contribution in [0.15, 0.2) is 36.4 Å². The Hall–Kier alpha value is -2.87. The zero-order valence-corrected chi connectivity index (χ0v) is 9.48. The maximum Gasteiger partial charge on any atom is 0.328 e. The number of carbonyl (C=O) groups is 3. The molecule has 0 bridgehead atoms. The molecule has 0 radical (unpaired) electrons. The van der Waals surface area contributed by atoms with Crippen molar-refractivity contribution in [3.05, 3.63) is 42.0 Å². The average molecular weight is 269 g/mol. The number of nitrogens with one attached hydrogen (secondary N) is 1. The molecule has 0 aliphatic carbocycles. The molecular formula is C11H11NO7. The van der Waals surface area contributed by atoms with Gasteiger partial charge in [-0.15, -0.1) is 0 Å². The number of carbonyl (C=O) groups excluding carboxylic acids is 1. The van der Waals surface area contributed by atoms with Gasteiger partial charge in [0.25, 0.3) is 5.91 Å². The molecule has 0 saturated heterocycles. The number of para-hydroxylation sites is 1. The normalized spacial score (nSPS) is 9.32. The van der Waals surface area contributed by atoms with Crippen molar-refractivity contribution >= 4 is 17.8 Å². The van der Waals surface area contributed by atoms with Crippen LogP contribution in [0.3, 0.4) is 0 Å². The lowest BCUT2D eigenvalue weighted by Crippen LogP contribution is -2.18. The van der Waals surface area contributed by atoms with Gasteiger partial charge in [0.15, 0.2) is 0 Å². The summed E-state index contributed by atoms with van der Waals surface area (Å²) in [6.07, 6.45) is 1.12. The quantitative estimate of drug-likeness (QED) is 0.300. The Balaban J connectivity index is 0.000000362. The zero-order chi connectivity index (χ0) is 14.8. The number of aromatic hydroxyl groups is 1. The molecule has 0 atom stereocenters. The van der Waals surface area contributed by atoms with Crippen molar-refractivity contribution in [3.63, 3.8) is 0 Å². The molecular weight excluding hydrogens is 258 g/mol. The molecule has 1 aromatic carbocycles. The Bertz CT molecular complexity index is 480. The number of hydrogen-bond acceptors (Lipinski definition) is 5. The molecule has 1 amide bonds. The fourth-order valence-electron chi connectivity index (χ4n) is 0.868. The molecule has 5 N–H and O–H groups in total. The number of phenolic OH excluding ortho intramolecular Hbond substituents is 1. The molecule has 0 spiro atoms. The third-order valence-corrected chi connectivity index (χ3v) is 1.62. The van der Waals surface area contributed by atoms with E-state index in [1.54, 1.807) is 12.1 Å². The van der Waals surface area contributed by atoms with Crippen LogP contribution in [0.25, 0.3) is 0 Å². The van der Waals surface area contributed by atoms with E-state index in [1.165, 1.54) is 17.6 Å². The van der Waals surface area contributed by atoms with Crippen LogP contribution in [0, 0.1) is 0 Å². The fourth-order valence-corrected chi connectivity index (χ4v) is 0.868. The SMILES string of the molecule is O=C(NO)c1ccccc1O.O=C(O)/C=C\C(=O)O. The summed E-state index contributed by atoms with van der Waals surface area (Å²) in [6.45, 7) is 0. The molecule has 0 aliphatic rings. The van der Waals surface area contributed by atoms with Gasteiger partial charge in [0.2, 0.25) is 0 Å². The van der Waals surface area contributed by atoms with Gasteiger partial charge < -0.3 is 15.3 Å². The summed E-state index contributed by atoms with van der Waals surface area (Å²) < 4.78 is 0. The highest BCUT2D eigenvalue weighted by Gasteiger charge is 2.07. The molecule has 102 valence electrons. The van der Waals surface area contributed by atoms with Crippen molar-refractivity contribution in [2.24, 2.45) is 0 Å². The van der Waals surface area contributed by atoms with Crippen molar-refractivity contribution < 1.29 is 34.9 Å². The van der Waals surface area contributed by atoms with Gasteiger partial charge in [-0.25, -0.2) is 15.1 Å². The van der Waals surface area contributed by atoms with E-state index in [4.69, 9.17) is 20.5 Å². The molecule has 0 heterocycles. The number of phenols is 1. The number of hydroxylamine groups is 1. The molecule has 1 aromatic rings. The van der Waals surface area contributed by atoms with E-state index >= 15 is 0 Å². The van der Waals surface area contributed by atoms with Crippen LogP contribution < -0.4 is 5.48 Å². The van der Waals surface area contributed by atoms with E-state index in [2.05, 4.69) is 0 Å². The average Bonchev–Trinajstić information content (AvgIpc) is 2.37. The van der Waals surface area contributed by atoms with Gasteiger partial charge in [-0.05, 0) is 12.1 Å². The maximum atomic E-state index is 10.7. The molecule has 19 heavy (non-hydrogen) atoms. The Morgan fingerprint density at radius 3 is 1.84 bits per heavy atom. The van der Waals surface area contributed by atoms with Crippen molar-refractivity contribution in [3.8, 4) is 5.75 Å². The Labute approximate surface area is 107 Å². The number of carboxylic acids is 2. The summed E-state index contributed by atoms with van der Waals surface area (Å²) in [5.41, 5.74) is 1.47. The van der Waals surface area contributed by atoms with Gasteiger partial charge in [-0.2, -0.15) is 0 Å². The van der Waals surface area contributed by atoms with E-state index in [9.17, 15) is 14.4 Å². The highest BCUT2D eigenvalue weighted by Crippen LogP contribution is 2.14. The van der Waals surface area contributed by atoms with Crippen molar-refractivity contribution in [1.82, 2.24) is 5.48 Å². The highest BCUT2D eigenvalue weighted by atomic mass is 16.5. The number of carboxylic acid groups (broad SMARTS) is 2. The topological polar surface area (TPSA) is 144 Å². The standard InChI is InChI=1S/C7H7NO3.C4H4O4/c9-6-4-2-1-3-5(6)7(10)8-11;5-3(6)1-2-4(7)8/h1-4,9,11H,(H,8,10);1-2H,(H,5,6)(H,7,8)/b;2-1-. The molecule has 8 heteroatoms. The van der Waals surface area contributed by atoms with Gasteiger partial charge in [-0.1, -0.05) is 12.1 Å². The number of hydrogen-bond donors (Lipinski definition) is 5. The fraction of sp³-hybridized carbons (Fsp3) is 0. The first kappa shape index (κ1) is 16.1. The smallest absolute Gasteiger partial charge is 0.328 e. The molecule has 1 rings (SSSR count). The Morgan fingerprint density at radius 2 is 1.47 bits per heavy atom. The van der Waals surface area contributed by atoms with Crippen LogP contribution in [0.5, 0.6) is 5.75 Å². The van der Waals surface area contributed by atoms with Crippen LogP contribution in [0.4, 0.5) is 0 Å². The predicted molar refractivity (Wildman–Crippen MR) is 61.8 cm³/mol. The molecule has 0 aliphatic heterocycles. The summed E-state index contributed by atoms with van der Waals surface area (Å²) >= 11 is 0. The van der Waals surface area contributed by atoms with Gasteiger partial charge in [-0.3, -0.25) is 10.0 Å². The third-order valence-electron chi connectivity index (χ3n) is 1.62. The second-order valence-corrected chi connectivity index (χ2v) is 2.97. The third kappa shape index (κ3) is 7.13. The zero-order valence-electron chi connectivity index (χ0n) is 9.48. The number of rotatable bonds is 3. The van der Waals surface area contributed by atoms with E-state index in [0.717, 1.165) is 0 Å². The second kappa shape index (κ2) is 8.25. The first-order chi connectivity index (χ1) is 8.88. The number of aliphatic carboxylic acids is 2. The van der Waals surface area contributed by atoms with Gasteiger partial charge in [0.05, 0.1) is 5.56 Å². The van der Waals surface area contributed by atoms with Crippen LogP contribution in [0.1, 0.15) is 10.4 Å². The highest BCUT2D eigenvalue weighted by molar-refractivity contribution is 5.95. The summed E-state index contributed by atoms with van der Waals surface area (Å²) in [6, 6.07) is 5.94. The molecule has 8 nitrogen and oxygen atoms in total. The summed E-state index contributed by atoms with van der Waals surface area (Å²) in [7, 11) is 0. The number of benzene rings is 1. The summed E-state index contributed by atoms with van der Waals surface area (Å²) in [4.78, 5) is 29.8. The van der Waals surface area contributed by atoms with Crippen LogP contribution in [0.2, 0.25) is 0 Å². The van der Waals surface area contributed by atoms with Crippen LogP contribution in [-0.4, -0.2) is 38.4 Å². The molecule has 0 saturated carbocycles.